The molecule has 0 radical (unpaired) electrons. The monoisotopic (exact) mass is 490 g/mol. The van der Waals surface area contributed by atoms with E-state index in [0.717, 1.165) is 64.2 Å². The summed E-state index contributed by atoms with van der Waals surface area (Å²) in [6.45, 7) is 12.1. The summed E-state index contributed by atoms with van der Waals surface area (Å²) >= 11 is 0. The number of aliphatic hydroxyl groups excluding tert-OH is 2. The predicted octanol–water partition coefficient (Wildman–Crippen LogP) is 5.71. The van der Waals surface area contributed by atoms with Gasteiger partial charge in [0.1, 0.15) is 0 Å². The molecule has 2 saturated carbocycles. The maximum Gasteiger partial charge on any atom is 0.310 e. The van der Waals surface area contributed by atoms with Crippen molar-refractivity contribution in [2.75, 3.05) is 0 Å². The molecule has 4 N–H and O–H groups in total. The number of carboxylic acids is 1. The number of rotatable bonds is 6. The fourth-order valence-electron chi connectivity index (χ4n) is 9.37. The summed E-state index contributed by atoms with van der Waals surface area (Å²) in [6.07, 6.45) is 8.63. The van der Waals surface area contributed by atoms with Gasteiger partial charge in [0.2, 0.25) is 0 Å². The Labute approximate surface area is 212 Å². The Bertz CT molecular complexity index is 853. The second kappa shape index (κ2) is 9.13. The number of hydrogen-bond acceptors (Lipinski definition) is 4. The molecule has 0 aliphatic heterocycles. The van der Waals surface area contributed by atoms with Gasteiger partial charge in [0, 0.05) is 5.41 Å². The quantitative estimate of drug-likeness (QED) is 0.358. The molecule has 2 fully saturated rings. The first-order valence-corrected chi connectivity index (χ1v) is 14.2. The topological polar surface area (TPSA) is 98.0 Å². The second-order valence-corrected chi connectivity index (χ2v) is 14.1. The first-order chi connectivity index (χ1) is 16.2. The molecule has 0 spiro atoms. The van der Waals surface area contributed by atoms with Crippen LogP contribution in [0.5, 0.6) is 0 Å². The smallest absolute Gasteiger partial charge is 0.310 e. The second-order valence-electron chi connectivity index (χ2n) is 14.1. The van der Waals surface area contributed by atoms with Crippen LogP contribution >= 0.6 is 0 Å². The van der Waals surface area contributed by atoms with Crippen molar-refractivity contribution < 1.29 is 25.2 Å². The number of aliphatic hydroxyl groups is 3. The van der Waals surface area contributed by atoms with Crippen molar-refractivity contribution in [3.05, 3.63) is 11.1 Å². The van der Waals surface area contributed by atoms with E-state index in [-0.39, 0.29) is 22.9 Å². The van der Waals surface area contributed by atoms with Gasteiger partial charge < -0.3 is 20.4 Å². The normalized spacial score (nSPS) is 40.8. The van der Waals surface area contributed by atoms with Gasteiger partial charge in [-0.25, -0.2) is 0 Å². The summed E-state index contributed by atoms with van der Waals surface area (Å²) < 4.78 is 0. The van der Waals surface area contributed by atoms with Gasteiger partial charge in [-0.1, -0.05) is 38.8 Å². The van der Waals surface area contributed by atoms with Crippen LogP contribution in [-0.4, -0.2) is 44.2 Å². The average molecular weight is 491 g/mol. The van der Waals surface area contributed by atoms with E-state index in [2.05, 4.69) is 27.7 Å². The van der Waals surface area contributed by atoms with Gasteiger partial charge in [-0.3, -0.25) is 4.79 Å². The van der Waals surface area contributed by atoms with E-state index >= 15 is 0 Å². The third kappa shape index (κ3) is 4.22. The van der Waals surface area contributed by atoms with Crippen LogP contribution in [0.3, 0.4) is 0 Å². The van der Waals surface area contributed by atoms with Crippen LogP contribution in [0.2, 0.25) is 0 Å². The molecule has 0 aromatic rings. The van der Waals surface area contributed by atoms with Gasteiger partial charge in [0.25, 0.3) is 0 Å². The van der Waals surface area contributed by atoms with E-state index in [4.69, 9.17) is 0 Å². The molecule has 4 rings (SSSR count). The molecule has 8 atom stereocenters. The van der Waals surface area contributed by atoms with Crippen molar-refractivity contribution in [3.63, 3.8) is 0 Å². The molecule has 0 heterocycles. The van der Waals surface area contributed by atoms with E-state index < -0.39 is 23.1 Å². The van der Waals surface area contributed by atoms with E-state index in [9.17, 15) is 25.2 Å². The van der Waals surface area contributed by atoms with Crippen molar-refractivity contribution >= 4 is 5.97 Å². The largest absolute Gasteiger partial charge is 0.481 e. The molecule has 0 bridgehead atoms. The molecule has 4 aliphatic rings. The lowest BCUT2D eigenvalue weighted by molar-refractivity contribution is -0.175. The number of fused-ring (bicyclic) bond motifs is 3. The van der Waals surface area contributed by atoms with Crippen LogP contribution in [0.25, 0.3) is 0 Å². The van der Waals surface area contributed by atoms with Crippen molar-refractivity contribution in [2.24, 2.45) is 39.9 Å². The van der Waals surface area contributed by atoms with Gasteiger partial charge in [0.15, 0.2) is 0 Å². The molecular formula is C30H50O5. The molecule has 0 saturated heterocycles. The molecule has 0 aromatic carbocycles. The van der Waals surface area contributed by atoms with Gasteiger partial charge >= 0.3 is 5.97 Å². The van der Waals surface area contributed by atoms with Crippen molar-refractivity contribution in [2.45, 2.75) is 130 Å². The zero-order valence-electron chi connectivity index (χ0n) is 22.9. The number of allylic oxidation sites excluding steroid dienone is 1. The lowest BCUT2D eigenvalue weighted by atomic mass is 9.47. The number of aliphatic carboxylic acids is 1. The summed E-state index contributed by atoms with van der Waals surface area (Å²) in [5.41, 5.74) is 0.655. The van der Waals surface area contributed by atoms with E-state index in [0.29, 0.717) is 24.2 Å². The first kappa shape index (κ1) is 27.1. The zero-order valence-corrected chi connectivity index (χ0v) is 22.9. The average Bonchev–Trinajstić information content (AvgIpc) is 2.95. The summed E-state index contributed by atoms with van der Waals surface area (Å²) in [6, 6.07) is 0. The lowest BCUT2D eigenvalue weighted by Gasteiger charge is -2.56. The number of carbonyl (C=O) groups is 1. The van der Waals surface area contributed by atoms with Crippen molar-refractivity contribution in [1.82, 2.24) is 0 Å². The summed E-state index contributed by atoms with van der Waals surface area (Å²) in [4.78, 5) is 13.3. The van der Waals surface area contributed by atoms with Gasteiger partial charge in [0.05, 0.1) is 23.2 Å². The zero-order chi connectivity index (χ0) is 26.0. The molecule has 5 heteroatoms. The Hall–Kier alpha value is -0.910. The maximum absolute atomic E-state index is 13.3. The van der Waals surface area contributed by atoms with E-state index in [1.54, 1.807) is 13.8 Å². The molecule has 0 aromatic heterocycles. The van der Waals surface area contributed by atoms with Crippen LogP contribution < -0.4 is 0 Å². The minimum absolute atomic E-state index is 0.177. The third-order valence-corrected chi connectivity index (χ3v) is 11.7. The molecular weight excluding hydrogens is 440 g/mol. The van der Waals surface area contributed by atoms with Crippen LogP contribution in [0.15, 0.2) is 11.1 Å². The minimum atomic E-state index is -1.12. The number of hydrogen-bond donors (Lipinski definition) is 4. The van der Waals surface area contributed by atoms with Crippen LogP contribution in [0, 0.1) is 39.9 Å². The SMILES string of the molecule is C[C@H](CC[C@H](O)C(C)(C)O)[C@H]1CC[C@@]2(C(=O)O)[C@@H]3CCC4=C(CC[C@@H](O)C4(C)C)C[C@H]3CC[C@]12C. The highest BCUT2D eigenvalue weighted by Crippen LogP contribution is 2.70. The minimum Gasteiger partial charge on any atom is -0.481 e. The van der Waals surface area contributed by atoms with E-state index in [1.165, 1.54) is 11.1 Å². The molecule has 0 unspecified atom stereocenters. The Morgan fingerprint density at radius 3 is 2.37 bits per heavy atom. The Kier molecular flexibility index (Phi) is 7.08. The summed E-state index contributed by atoms with van der Waals surface area (Å²) in [5, 5.41) is 42.2. The Morgan fingerprint density at radius 2 is 1.74 bits per heavy atom. The highest BCUT2D eigenvalue weighted by Gasteiger charge is 2.68. The third-order valence-electron chi connectivity index (χ3n) is 11.7. The Morgan fingerprint density at radius 1 is 1.06 bits per heavy atom. The standard InChI is InChI=1S/C30H50O5/c1-18(7-11-25(32)28(4,5)35)21-14-16-30(26(33)34)23-10-9-22-19(8-12-24(31)27(22,2)3)17-20(23)13-15-29(21,30)6/h18,20-21,23-25,31-32,35H,7-17H2,1-6H3,(H,33,34)/t18-,20-,21-,23-,24-,25+,29-,30+/m1/s1. The highest BCUT2D eigenvalue weighted by atomic mass is 16.4. The molecule has 4 aliphatic carbocycles. The van der Waals surface area contributed by atoms with Gasteiger partial charge in [-0.15, -0.1) is 0 Å². The first-order valence-electron chi connectivity index (χ1n) is 14.2. The molecule has 200 valence electrons. The summed E-state index contributed by atoms with van der Waals surface area (Å²) in [7, 11) is 0. The van der Waals surface area contributed by atoms with E-state index in [1.807, 2.05) is 0 Å². The van der Waals surface area contributed by atoms with Gasteiger partial charge in [-0.2, -0.15) is 0 Å². The lowest BCUT2D eigenvalue weighted by Crippen LogP contribution is -2.55. The molecule has 0 amide bonds. The molecule has 5 nitrogen and oxygen atoms in total. The highest BCUT2D eigenvalue weighted by molar-refractivity contribution is 5.77. The Balaban J connectivity index is 1.60. The number of carboxylic acid groups (broad SMARTS) is 1. The maximum atomic E-state index is 13.3. The van der Waals surface area contributed by atoms with Crippen LogP contribution in [0.4, 0.5) is 0 Å². The van der Waals surface area contributed by atoms with Crippen LogP contribution in [-0.2, 0) is 4.79 Å². The fraction of sp³-hybridized carbons (Fsp3) is 0.900. The van der Waals surface area contributed by atoms with Crippen molar-refractivity contribution in [1.29, 1.82) is 0 Å². The van der Waals surface area contributed by atoms with Crippen molar-refractivity contribution in [3.8, 4) is 0 Å². The molecule has 35 heavy (non-hydrogen) atoms. The fourth-order valence-corrected chi connectivity index (χ4v) is 9.37. The van der Waals surface area contributed by atoms with Gasteiger partial charge in [-0.05, 0) is 114 Å². The van der Waals surface area contributed by atoms with Crippen LogP contribution in [0.1, 0.15) is 112 Å². The predicted molar refractivity (Wildman–Crippen MR) is 138 cm³/mol. The summed E-state index contributed by atoms with van der Waals surface area (Å²) in [5.74, 6) is 0.624.